The van der Waals surface area contributed by atoms with E-state index in [1.54, 1.807) is 6.07 Å². The Hall–Kier alpha value is -1.49. The van der Waals surface area contributed by atoms with Crippen LogP contribution in [0.4, 0.5) is 8.78 Å². The summed E-state index contributed by atoms with van der Waals surface area (Å²) in [4.78, 5) is 12.2. The zero-order valence-electron chi connectivity index (χ0n) is 15.6. The molecule has 1 aromatic carbocycles. The van der Waals surface area contributed by atoms with Crippen molar-refractivity contribution in [1.82, 2.24) is 5.32 Å². The fourth-order valence-electron chi connectivity index (χ4n) is 6.07. The number of hydrogen-bond acceptors (Lipinski definition) is 2. The van der Waals surface area contributed by atoms with Crippen LogP contribution in [0.5, 0.6) is 0 Å². The molecule has 1 aliphatic heterocycles. The number of carbonyl (C=O) groups excluding carboxylic acids is 1. The van der Waals surface area contributed by atoms with Gasteiger partial charge in [-0.3, -0.25) is 4.79 Å². The van der Waals surface area contributed by atoms with Gasteiger partial charge in [-0.1, -0.05) is 26.8 Å². The number of benzene rings is 1. The molecule has 142 valence electrons. The monoisotopic (exact) mass is 363 g/mol. The first-order valence-corrected chi connectivity index (χ1v) is 9.65. The van der Waals surface area contributed by atoms with Crippen molar-refractivity contribution in [2.75, 3.05) is 6.61 Å². The van der Waals surface area contributed by atoms with Crippen molar-refractivity contribution in [3.8, 4) is 0 Å². The molecule has 5 atom stereocenters. The second kappa shape index (κ2) is 6.01. The first kappa shape index (κ1) is 17.9. The molecule has 3 fully saturated rings. The third-order valence-corrected chi connectivity index (χ3v) is 7.40. The molecule has 1 N–H and O–H groups in total. The summed E-state index contributed by atoms with van der Waals surface area (Å²) in [6.45, 7) is 6.97. The fraction of sp³-hybridized carbons (Fsp3) is 0.667. The van der Waals surface area contributed by atoms with Gasteiger partial charge in [0.05, 0.1) is 6.10 Å². The first-order valence-electron chi connectivity index (χ1n) is 9.65. The van der Waals surface area contributed by atoms with E-state index in [1.165, 1.54) is 12.1 Å². The molecule has 3 nitrogen and oxygen atoms in total. The van der Waals surface area contributed by atoms with Gasteiger partial charge in [0.15, 0.2) is 11.6 Å². The average molecular weight is 363 g/mol. The minimum absolute atomic E-state index is 0.0211. The fourth-order valence-corrected chi connectivity index (χ4v) is 6.07. The summed E-state index contributed by atoms with van der Waals surface area (Å²) in [5.74, 6) is -0.850. The van der Waals surface area contributed by atoms with E-state index in [4.69, 9.17) is 4.74 Å². The van der Waals surface area contributed by atoms with Crippen LogP contribution in [0.15, 0.2) is 18.2 Å². The minimum Gasteiger partial charge on any atom is -0.373 e. The van der Waals surface area contributed by atoms with Crippen LogP contribution >= 0.6 is 0 Å². The summed E-state index contributed by atoms with van der Waals surface area (Å²) >= 11 is 0. The highest BCUT2D eigenvalue weighted by atomic mass is 19.2. The predicted molar refractivity (Wildman–Crippen MR) is 94.3 cm³/mol. The van der Waals surface area contributed by atoms with Gasteiger partial charge < -0.3 is 10.1 Å². The molecule has 3 aliphatic rings. The smallest absolute Gasteiger partial charge is 0.219 e. The van der Waals surface area contributed by atoms with Gasteiger partial charge in [0.2, 0.25) is 5.91 Å². The van der Waals surface area contributed by atoms with Crippen LogP contribution in [0.1, 0.15) is 58.1 Å². The zero-order chi connectivity index (χ0) is 18.7. The lowest BCUT2D eigenvalue weighted by Crippen LogP contribution is -2.58. The molecule has 2 saturated carbocycles. The quantitative estimate of drug-likeness (QED) is 0.866. The van der Waals surface area contributed by atoms with Gasteiger partial charge in [-0.15, -0.1) is 0 Å². The van der Waals surface area contributed by atoms with Crippen molar-refractivity contribution >= 4 is 5.91 Å². The lowest BCUT2D eigenvalue weighted by atomic mass is 9.59. The average Bonchev–Trinajstić information content (AvgIpc) is 3.10. The van der Waals surface area contributed by atoms with Crippen molar-refractivity contribution in [3.05, 3.63) is 35.4 Å². The van der Waals surface area contributed by atoms with Gasteiger partial charge in [-0.2, -0.15) is 0 Å². The number of amides is 1. The van der Waals surface area contributed by atoms with Gasteiger partial charge in [0, 0.05) is 19.1 Å². The van der Waals surface area contributed by atoms with Gasteiger partial charge in [0.25, 0.3) is 0 Å². The molecule has 1 amide bonds. The second-order valence-electron chi connectivity index (χ2n) is 8.87. The SMILES string of the molecule is CCC(=O)N[C@@H]1C(C)(C)[C@@H]2C[C@@H]3[C@@H](c4ccc(F)c(F)c4)OCC[C@@]31C2. The van der Waals surface area contributed by atoms with Crippen LogP contribution in [0.2, 0.25) is 0 Å². The van der Waals surface area contributed by atoms with Crippen molar-refractivity contribution in [1.29, 1.82) is 0 Å². The number of fused-ring (bicyclic) bond motifs is 1. The Bertz CT molecular complexity index is 735. The molecule has 0 unspecified atom stereocenters. The van der Waals surface area contributed by atoms with Crippen LogP contribution in [-0.4, -0.2) is 18.6 Å². The van der Waals surface area contributed by atoms with Crippen molar-refractivity contribution in [2.24, 2.45) is 22.7 Å². The second-order valence-corrected chi connectivity index (χ2v) is 8.87. The maximum Gasteiger partial charge on any atom is 0.219 e. The van der Waals surface area contributed by atoms with Crippen LogP contribution < -0.4 is 5.32 Å². The van der Waals surface area contributed by atoms with E-state index in [9.17, 15) is 13.6 Å². The Morgan fingerprint density at radius 1 is 1.31 bits per heavy atom. The highest BCUT2D eigenvalue weighted by molar-refractivity contribution is 5.76. The van der Waals surface area contributed by atoms with Crippen molar-refractivity contribution in [3.63, 3.8) is 0 Å². The van der Waals surface area contributed by atoms with E-state index in [2.05, 4.69) is 19.2 Å². The maximum atomic E-state index is 13.8. The summed E-state index contributed by atoms with van der Waals surface area (Å²) in [7, 11) is 0. The van der Waals surface area contributed by atoms with Gasteiger partial charge in [-0.05, 0) is 59.6 Å². The molecule has 5 heteroatoms. The topological polar surface area (TPSA) is 38.3 Å². The molecule has 1 heterocycles. The Labute approximate surface area is 153 Å². The molecule has 2 aliphatic carbocycles. The van der Waals surface area contributed by atoms with E-state index in [0.29, 0.717) is 24.5 Å². The zero-order valence-corrected chi connectivity index (χ0v) is 15.6. The summed E-state index contributed by atoms with van der Waals surface area (Å²) in [5.41, 5.74) is 0.725. The van der Waals surface area contributed by atoms with E-state index in [-0.39, 0.29) is 34.8 Å². The number of nitrogens with one attached hydrogen (secondary N) is 1. The largest absolute Gasteiger partial charge is 0.373 e. The lowest BCUT2D eigenvalue weighted by molar-refractivity contribution is -0.137. The number of ether oxygens (including phenoxy) is 1. The third-order valence-electron chi connectivity index (χ3n) is 7.40. The summed E-state index contributed by atoms with van der Waals surface area (Å²) in [5, 5.41) is 3.30. The maximum absolute atomic E-state index is 13.8. The molecule has 1 aromatic rings. The van der Waals surface area contributed by atoms with Gasteiger partial charge in [0.1, 0.15) is 0 Å². The standard InChI is InChI=1S/C21H27F2NO2/c1-4-17(25)24-19-20(2,3)13-10-14-18(26-8-7-21(14,19)11-13)12-5-6-15(22)16(23)9-12/h5-6,9,13-14,18-19H,4,7-8,10-11H2,1-3H3,(H,24,25)/t13-,14-,18-,19-,21-/m1/s1. The lowest BCUT2D eigenvalue weighted by Gasteiger charge is -2.53. The van der Waals surface area contributed by atoms with Crippen LogP contribution in [0.25, 0.3) is 0 Å². The molecule has 1 spiro atoms. The number of rotatable bonds is 3. The molecule has 2 bridgehead atoms. The van der Waals surface area contributed by atoms with E-state index < -0.39 is 11.6 Å². The van der Waals surface area contributed by atoms with Gasteiger partial charge in [-0.25, -0.2) is 8.78 Å². The molecule has 26 heavy (non-hydrogen) atoms. The number of carbonyl (C=O) groups is 1. The minimum atomic E-state index is -0.832. The van der Waals surface area contributed by atoms with E-state index in [0.717, 1.165) is 19.3 Å². The Morgan fingerprint density at radius 3 is 2.77 bits per heavy atom. The van der Waals surface area contributed by atoms with Crippen LogP contribution in [0, 0.1) is 34.3 Å². The van der Waals surface area contributed by atoms with Gasteiger partial charge >= 0.3 is 0 Å². The van der Waals surface area contributed by atoms with Crippen molar-refractivity contribution in [2.45, 2.75) is 58.6 Å². The highest BCUT2D eigenvalue weighted by Gasteiger charge is 2.68. The molecular weight excluding hydrogens is 336 g/mol. The van der Waals surface area contributed by atoms with Crippen molar-refractivity contribution < 1.29 is 18.3 Å². The van der Waals surface area contributed by atoms with Crippen LogP contribution in [-0.2, 0) is 9.53 Å². The molecule has 0 radical (unpaired) electrons. The summed E-state index contributed by atoms with van der Waals surface area (Å²) in [6, 6.07) is 4.19. The summed E-state index contributed by atoms with van der Waals surface area (Å²) < 4.78 is 33.2. The molecule has 4 rings (SSSR count). The predicted octanol–water partition coefficient (Wildman–Crippen LogP) is 4.37. The third kappa shape index (κ3) is 2.43. The Balaban J connectivity index is 1.70. The van der Waals surface area contributed by atoms with E-state index in [1.807, 2.05) is 6.92 Å². The Kier molecular flexibility index (Phi) is 4.14. The van der Waals surface area contributed by atoms with Crippen LogP contribution in [0.3, 0.4) is 0 Å². The number of halogens is 2. The normalized spacial score (nSPS) is 37.4. The Morgan fingerprint density at radius 2 is 2.08 bits per heavy atom. The number of hydrogen-bond donors (Lipinski definition) is 1. The molecular formula is C21H27F2NO2. The molecule has 0 aromatic heterocycles. The summed E-state index contributed by atoms with van der Waals surface area (Å²) in [6.07, 6.45) is 3.23. The molecule has 1 saturated heterocycles. The highest BCUT2D eigenvalue weighted by Crippen LogP contribution is 2.70. The van der Waals surface area contributed by atoms with E-state index >= 15 is 0 Å². The first-order chi connectivity index (χ1) is 12.3.